The number of hydrogen-bond acceptors (Lipinski definition) is 12. The Kier molecular flexibility index (Phi) is 15.2. The maximum atomic E-state index is 13.8. The number of Topliss-reactive ketones (excluding diaryl/α,β-unsaturated/α-hetero) is 1. The van der Waals surface area contributed by atoms with Crippen molar-refractivity contribution in [3.63, 3.8) is 0 Å². The summed E-state index contributed by atoms with van der Waals surface area (Å²) < 4.78 is 100. The minimum Gasteiger partial charge on any atom is -0.322 e. The van der Waals surface area contributed by atoms with Crippen LogP contribution in [0.1, 0.15) is 73.3 Å². The second-order valence-corrected chi connectivity index (χ2v) is 20.2. The SMILES string of the molecule is Cc1ccc(CC(=O)c2cc(NC(=O)c3ccc(C(=O)Nc4cc(C(=O)Nc5ccccc5)cc(C(=O)Nc5ccccc5S(=O)(=O)O)c4)cc3)cc(C(=O)Nc3ccc(S(=O)(=O)O)cc3)c2)c(S(=O)(=O)O)c1. The average molecular weight is 1050 g/mol. The third kappa shape index (κ3) is 13.4. The summed E-state index contributed by atoms with van der Waals surface area (Å²) in [5.41, 5.74) is -0.235. The zero-order chi connectivity index (χ0) is 52.8. The van der Waals surface area contributed by atoms with Gasteiger partial charge in [0.15, 0.2) is 5.78 Å². The number of para-hydroxylation sites is 2. The van der Waals surface area contributed by atoms with Crippen molar-refractivity contribution in [1.82, 2.24) is 0 Å². The fourth-order valence-corrected chi connectivity index (χ4v) is 9.02. The van der Waals surface area contributed by atoms with Crippen molar-refractivity contribution < 1.29 is 67.7 Å². The molecule has 7 aromatic carbocycles. The highest BCUT2D eigenvalue weighted by molar-refractivity contribution is 7.86. The highest BCUT2D eigenvalue weighted by Gasteiger charge is 2.23. The molecule has 0 heterocycles. The molecule has 0 unspecified atom stereocenters. The molecule has 0 aliphatic rings. The number of aryl methyl sites for hydroxylation is 1. The number of anilines is 5. The van der Waals surface area contributed by atoms with Crippen LogP contribution in [0.4, 0.5) is 28.4 Å². The Hall–Kier alpha value is -8.71. The zero-order valence-corrected chi connectivity index (χ0v) is 40.1. The number of nitrogens with one attached hydrogen (secondary N) is 5. The van der Waals surface area contributed by atoms with Crippen LogP contribution in [0.5, 0.6) is 0 Å². The molecule has 0 aliphatic carbocycles. The number of carbonyl (C=O) groups excluding carboxylic acids is 6. The van der Waals surface area contributed by atoms with Gasteiger partial charge >= 0.3 is 0 Å². The number of carbonyl (C=O) groups is 6. The topological polar surface area (TPSA) is 326 Å². The number of hydrogen-bond donors (Lipinski definition) is 8. The molecular formula is C50H39N5O15S3. The van der Waals surface area contributed by atoms with Gasteiger partial charge in [-0.05, 0) is 133 Å². The van der Waals surface area contributed by atoms with Crippen LogP contribution in [-0.2, 0) is 36.8 Å². The zero-order valence-electron chi connectivity index (χ0n) is 37.7. The van der Waals surface area contributed by atoms with Gasteiger partial charge in [-0.2, -0.15) is 25.3 Å². The van der Waals surface area contributed by atoms with Gasteiger partial charge < -0.3 is 26.6 Å². The molecule has 0 radical (unpaired) electrons. The fraction of sp³-hybridized carbons (Fsp3) is 0.0400. The molecule has 0 fully saturated rings. The van der Waals surface area contributed by atoms with E-state index in [0.29, 0.717) is 11.3 Å². The Balaban J connectivity index is 1.13. The predicted molar refractivity (Wildman–Crippen MR) is 267 cm³/mol. The highest BCUT2D eigenvalue weighted by atomic mass is 32.2. The molecule has 0 atom stereocenters. The molecule has 0 aliphatic heterocycles. The predicted octanol–water partition coefficient (Wildman–Crippen LogP) is 7.42. The number of amides is 5. The lowest BCUT2D eigenvalue weighted by molar-refractivity contribution is 0.0986. The summed E-state index contributed by atoms with van der Waals surface area (Å²) >= 11 is 0. The molecule has 20 nitrogen and oxygen atoms in total. The summed E-state index contributed by atoms with van der Waals surface area (Å²) in [4.78, 5) is 80.1. The van der Waals surface area contributed by atoms with Crippen molar-refractivity contribution in [3.8, 4) is 0 Å². The summed E-state index contributed by atoms with van der Waals surface area (Å²) in [6.45, 7) is 1.58. The summed E-state index contributed by atoms with van der Waals surface area (Å²) in [7, 11) is -14.1. The van der Waals surface area contributed by atoms with Crippen molar-refractivity contribution in [3.05, 3.63) is 202 Å². The standard InChI is InChI=1S/C50H39N5O15S3/c1-29-11-12-32(45(21-29)73(68,69)70)28-43(56)33-22-34(48(59)52-38-17-19-41(20-18-38)71(62,63)64)25-39(24-33)53-46(57)30-13-15-31(16-14-30)47(58)54-40-26-35(49(60)51-37-7-3-2-4-8-37)23-36(27-40)50(61)55-42-9-5-6-10-44(42)72(65,66)67/h2-27H,28H2,1H3,(H,51,60)(H,52,59)(H,53,57)(H,54,58)(H,55,61)(H,62,63,64)(H,65,66,67)(H,68,69,70). The maximum absolute atomic E-state index is 13.8. The monoisotopic (exact) mass is 1050 g/mol. The largest absolute Gasteiger partial charge is 0.322 e. The summed E-state index contributed by atoms with van der Waals surface area (Å²) in [5, 5.41) is 12.8. The van der Waals surface area contributed by atoms with E-state index in [9.17, 15) is 67.7 Å². The van der Waals surface area contributed by atoms with E-state index in [0.717, 1.165) is 24.3 Å². The van der Waals surface area contributed by atoms with Crippen LogP contribution in [0.3, 0.4) is 0 Å². The Labute approximate surface area is 416 Å². The van der Waals surface area contributed by atoms with E-state index in [1.54, 1.807) is 37.3 Å². The second kappa shape index (κ2) is 21.3. The van der Waals surface area contributed by atoms with Crippen molar-refractivity contribution in [2.75, 3.05) is 26.6 Å². The minimum atomic E-state index is -4.77. The fourth-order valence-electron chi connectivity index (χ4n) is 7.08. The first-order valence-corrected chi connectivity index (χ1v) is 25.5. The number of ketones is 1. The first kappa shape index (κ1) is 52.1. The first-order chi connectivity index (χ1) is 34.4. The van der Waals surface area contributed by atoms with E-state index in [4.69, 9.17) is 0 Å². The molecule has 0 saturated heterocycles. The van der Waals surface area contributed by atoms with Gasteiger partial charge in [0, 0.05) is 62.6 Å². The molecule has 8 N–H and O–H groups in total. The first-order valence-electron chi connectivity index (χ1n) is 21.2. The van der Waals surface area contributed by atoms with Gasteiger partial charge in [-0.15, -0.1) is 0 Å². The molecule has 0 aromatic heterocycles. The summed E-state index contributed by atoms with van der Waals surface area (Å²) in [5.74, 6) is -4.73. The van der Waals surface area contributed by atoms with Crippen LogP contribution in [0.2, 0.25) is 0 Å². The lowest BCUT2D eigenvalue weighted by atomic mass is 9.99. The van der Waals surface area contributed by atoms with E-state index in [1.807, 2.05) is 0 Å². The number of benzene rings is 7. The van der Waals surface area contributed by atoms with Crippen LogP contribution >= 0.6 is 0 Å². The quantitative estimate of drug-likeness (QED) is 0.0345. The Bertz CT molecular complexity index is 3720. The summed E-state index contributed by atoms with van der Waals surface area (Å²) in [6.07, 6.45) is -0.570. The lowest BCUT2D eigenvalue weighted by Gasteiger charge is -2.14. The Morgan fingerprint density at radius 3 is 1.32 bits per heavy atom. The van der Waals surface area contributed by atoms with Gasteiger partial charge in [-0.25, -0.2) is 0 Å². The molecule has 372 valence electrons. The van der Waals surface area contributed by atoms with E-state index in [1.165, 1.54) is 103 Å². The van der Waals surface area contributed by atoms with Gasteiger partial charge in [0.25, 0.3) is 59.9 Å². The minimum absolute atomic E-state index is 0.0136. The van der Waals surface area contributed by atoms with Crippen LogP contribution in [0, 0.1) is 6.92 Å². The van der Waals surface area contributed by atoms with Crippen molar-refractivity contribution >= 4 is 94.1 Å². The van der Waals surface area contributed by atoms with E-state index in [-0.39, 0.29) is 61.7 Å². The van der Waals surface area contributed by atoms with Crippen LogP contribution < -0.4 is 26.6 Å². The van der Waals surface area contributed by atoms with E-state index in [2.05, 4.69) is 26.6 Å². The molecule has 5 amide bonds. The van der Waals surface area contributed by atoms with Gasteiger partial charge in [-0.1, -0.05) is 42.5 Å². The van der Waals surface area contributed by atoms with Crippen molar-refractivity contribution in [2.24, 2.45) is 0 Å². The van der Waals surface area contributed by atoms with E-state index < -0.39 is 86.8 Å². The normalized spacial score (nSPS) is 11.5. The van der Waals surface area contributed by atoms with E-state index >= 15 is 0 Å². The second-order valence-electron chi connectivity index (χ2n) is 16.0. The lowest BCUT2D eigenvalue weighted by Crippen LogP contribution is -2.19. The average Bonchev–Trinajstić information content (AvgIpc) is 3.34. The van der Waals surface area contributed by atoms with Gasteiger partial charge in [-0.3, -0.25) is 42.4 Å². The van der Waals surface area contributed by atoms with Crippen molar-refractivity contribution in [2.45, 2.75) is 28.0 Å². The number of rotatable bonds is 16. The van der Waals surface area contributed by atoms with Crippen LogP contribution in [0.15, 0.2) is 172 Å². The molecule has 73 heavy (non-hydrogen) atoms. The maximum Gasteiger partial charge on any atom is 0.296 e. The van der Waals surface area contributed by atoms with Crippen molar-refractivity contribution in [1.29, 1.82) is 0 Å². The molecule has 0 bridgehead atoms. The highest BCUT2D eigenvalue weighted by Crippen LogP contribution is 2.26. The third-order valence-electron chi connectivity index (χ3n) is 10.6. The Morgan fingerprint density at radius 1 is 0.384 bits per heavy atom. The van der Waals surface area contributed by atoms with Crippen LogP contribution in [-0.4, -0.2) is 74.2 Å². The molecule has 0 saturated carbocycles. The van der Waals surface area contributed by atoms with Crippen LogP contribution in [0.25, 0.3) is 0 Å². The third-order valence-corrected chi connectivity index (χ3v) is 13.3. The molecule has 7 rings (SSSR count). The smallest absolute Gasteiger partial charge is 0.296 e. The molecule has 0 spiro atoms. The molecule has 23 heteroatoms. The van der Waals surface area contributed by atoms with Gasteiger partial charge in [0.05, 0.1) is 15.5 Å². The molecular weight excluding hydrogens is 1010 g/mol. The Morgan fingerprint density at radius 2 is 0.808 bits per heavy atom. The van der Waals surface area contributed by atoms with Gasteiger partial charge in [0.1, 0.15) is 4.90 Å². The van der Waals surface area contributed by atoms with Gasteiger partial charge in [0.2, 0.25) is 0 Å². The molecule has 7 aromatic rings. The summed E-state index contributed by atoms with van der Waals surface area (Å²) in [6, 6.07) is 34.2.